The summed E-state index contributed by atoms with van der Waals surface area (Å²) in [5.74, 6) is 0.892. The molecule has 1 unspecified atom stereocenters. The Morgan fingerprint density at radius 2 is 1.95 bits per heavy atom. The second kappa shape index (κ2) is 8.01. The highest BCUT2D eigenvalue weighted by Crippen LogP contribution is 2.27. The average molecular weight is 305 g/mol. The maximum atomic E-state index is 6.28. The lowest BCUT2D eigenvalue weighted by Crippen LogP contribution is -2.23. The minimum atomic E-state index is -0.0103. The molecule has 0 saturated carbocycles. The Bertz CT molecular complexity index is 557. The van der Waals surface area contributed by atoms with Crippen LogP contribution in [0.25, 0.3) is 0 Å². The molecule has 4 heteroatoms. The van der Waals surface area contributed by atoms with E-state index in [0.717, 1.165) is 36.6 Å². The first-order chi connectivity index (χ1) is 10.3. The SMILES string of the molecule is CCCOc1ccc(C(NCC)c2ncccc2Cl)cc1. The van der Waals surface area contributed by atoms with Gasteiger partial charge in [-0.2, -0.15) is 0 Å². The second-order valence-corrected chi connectivity index (χ2v) is 5.19. The third kappa shape index (κ3) is 4.19. The summed E-state index contributed by atoms with van der Waals surface area (Å²) < 4.78 is 5.62. The van der Waals surface area contributed by atoms with E-state index in [0.29, 0.717) is 5.02 Å². The zero-order valence-electron chi connectivity index (χ0n) is 12.5. The van der Waals surface area contributed by atoms with Gasteiger partial charge < -0.3 is 10.1 Å². The Morgan fingerprint density at radius 1 is 1.19 bits per heavy atom. The number of nitrogens with one attached hydrogen (secondary N) is 1. The molecule has 0 aliphatic carbocycles. The predicted octanol–water partition coefficient (Wildman–Crippen LogP) is 4.22. The molecule has 2 aromatic rings. The Balaban J connectivity index is 2.24. The van der Waals surface area contributed by atoms with Gasteiger partial charge in [-0.1, -0.05) is 37.6 Å². The van der Waals surface area contributed by atoms with Gasteiger partial charge in [0.1, 0.15) is 5.75 Å². The van der Waals surface area contributed by atoms with Gasteiger partial charge >= 0.3 is 0 Å². The third-order valence-electron chi connectivity index (χ3n) is 3.15. The maximum Gasteiger partial charge on any atom is 0.119 e. The van der Waals surface area contributed by atoms with E-state index < -0.39 is 0 Å². The lowest BCUT2D eigenvalue weighted by Gasteiger charge is -2.19. The van der Waals surface area contributed by atoms with Crippen molar-refractivity contribution in [2.45, 2.75) is 26.3 Å². The highest BCUT2D eigenvalue weighted by molar-refractivity contribution is 6.31. The Morgan fingerprint density at radius 3 is 2.57 bits per heavy atom. The standard InChI is InChI=1S/C17H21ClN2O/c1-3-12-21-14-9-7-13(8-10-14)16(19-4-2)17-15(18)6-5-11-20-17/h5-11,16,19H,3-4,12H2,1-2H3. The first kappa shape index (κ1) is 15.8. The largest absolute Gasteiger partial charge is 0.494 e. The third-order valence-corrected chi connectivity index (χ3v) is 3.47. The van der Waals surface area contributed by atoms with Gasteiger partial charge in [0.05, 0.1) is 23.4 Å². The van der Waals surface area contributed by atoms with Crippen LogP contribution in [-0.2, 0) is 0 Å². The minimum absolute atomic E-state index is 0.0103. The topological polar surface area (TPSA) is 34.1 Å². The molecule has 0 spiro atoms. The van der Waals surface area contributed by atoms with E-state index in [1.165, 1.54) is 0 Å². The molecule has 0 aliphatic rings. The summed E-state index contributed by atoms with van der Waals surface area (Å²) in [7, 11) is 0. The van der Waals surface area contributed by atoms with Gasteiger partial charge in [-0.15, -0.1) is 0 Å². The molecule has 0 bridgehead atoms. The predicted molar refractivity (Wildman–Crippen MR) is 87.0 cm³/mol. The molecule has 0 radical (unpaired) electrons. The summed E-state index contributed by atoms with van der Waals surface area (Å²) in [5.41, 5.74) is 1.98. The van der Waals surface area contributed by atoms with Crippen LogP contribution in [0.5, 0.6) is 5.75 Å². The highest BCUT2D eigenvalue weighted by atomic mass is 35.5. The van der Waals surface area contributed by atoms with Crippen molar-refractivity contribution in [3.8, 4) is 5.75 Å². The molecule has 1 aromatic heterocycles. The van der Waals surface area contributed by atoms with Gasteiger partial charge in [-0.25, -0.2) is 0 Å². The van der Waals surface area contributed by atoms with E-state index in [2.05, 4.69) is 36.3 Å². The Hall–Kier alpha value is -1.58. The van der Waals surface area contributed by atoms with Crippen LogP contribution in [0.1, 0.15) is 37.6 Å². The van der Waals surface area contributed by atoms with Crippen LogP contribution >= 0.6 is 11.6 Å². The lowest BCUT2D eigenvalue weighted by molar-refractivity contribution is 0.317. The van der Waals surface area contributed by atoms with E-state index in [4.69, 9.17) is 16.3 Å². The van der Waals surface area contributed by atoms with Crippen LogP contribution < -0.4 is 10.1 Å². The molecule has 21 heavy (non-hydrogen) atoms. The van der Waals surface area contributed by atoms with Crippen LogP contribution in [0.3, 0.4) is 0 Å². The molecule has 112 valence electrons. The van der Waals surface area contributed by atoms with E-state index >= 15 is 0 Å². The summed E-state index contributed by atoms with van der Waals surface area (Å²) >= 11 is 6.28. The normalized spacial score (nSPS) is 12.1. The number of hydrogen-bond acceptors (Lipinski definition) is 3. The molecule has 3 nitrogen and oxygen atoms in total. The van der Waals surface area contributed by atoms with Crippen LogP contribution in [0.2, 0.25) is 5.02 Å². The molecule has 0 saturated heterocycles. The zero-order valence-corrected chi connectivity index (χ0v) is 13.2. The van der Waals surface area contributed by atoms with Gasteiger partial charge in [0.25, 0.3) is 0 Å². The van der Waals surface area contributed by atoms with Gasteiger partial charge in [-0.3, -0.25) is 4.98 Å². The zero-order chi connectivity index (χ0) is 15.1. The van der Waals surface area contributed by atoms with Gasteiger partial charge in [-0.05, 0) is 42.8 Å². The molecule has 0 fully saturated rings. The molecule has 1 heterocycles. The summed E-state index contributed by atoms with van der Waals surface area (Å²) in [4.78, 5) is 4.42. The Labute approximate surface area is 131 Å². The lowest BCUT2D eigenvalue weighted by atomic mass is 10.0. The fraction of sp³-hybridized carbons (Fsp3) is 0.353. The smallest absolute Gasteiger partial charge is 0.119 e. The van der Waals surface area contributed by atoms with Crippen LogP contribution in [-0.4, -0.2) is 18.1 Å². The number of pyridine rings is 1. The molecule has 0 aliphatic heterocycles. The van der Waals surface area contributed by atoms with Gasteiger partial charge in [0.15, 0.2) is 0 Å². The highest BCUT2D eigenvalue weighted by Gasteiger charge is 2.17. The van der Waals surface area contributed by atoms with Crippen molar-refractivity contribution in [2.75, 3.05) is 13.2 Å². The fourth-order valence-corrected chi connectivity index (χ4v) is 2.39. The first-order valence-corrected chi connectivity index (χ1v) is 7.70. The van der Waals surface area contributed by atoms with E-state index in [-0.39, 0.29) is 6.04 Å². The number of benzene rings is 1. The van der Waals surface area contributed by atoms with Crippen molar-refractivity contribution in [2.24, 2.45) is 0 Å². The molecule has 2 rings (SSSR count). The quantitative estimate of drug-likeness (QED) is 0.831. The van der Waals surface area contributed by atoms with Crippen LogP contribution in [0, 0.1) is 0 Å². The van der Waals surface area contributed by atoms with Crippen molar-refractivity contribution in [1.82, 2.24) is 10.3 Å². The van der Waals surface area contributed by atoms with Gasteiger partial charge in [0, 0.05) is 6.20 Å². The maximum absolute atomic E-state index is 6.28. The van der Waals surface area contributed by atoms with E-state index in [9.17, 15) is 0 Å². The summed E-state index contributed by atoms with van der Waals surface area (Å²) in [5, 5.41) is 4.11. The molecule has 1 atom stereocenters. The molecule has 0 amide bonds. The number of rotatable bonds is 7. The Kier molecular flexibility index (Phi) is 6.03. The molecular weight excluding hydrogens is 284 g/mol. The molecule has 1 aromatic carbocycles. The molecule has 1 N–H and O–H groups in total. The van der Waals surface area contributed by atoms with Crippen molar-refractivity contribution >= 4 is 11.6 Å². The number of hydrogen-bond donors (Lipinski definition) is 1. The van der Waals surface area contributed by atoms with Gasteiger partial charge in [0.2, 0.25) is 0 Å². The van der Waals surface area contributed by atoms with E-state index in [1.54, 1.807) is 6.20 Å². The van der Waals surface area contributed by atoms with Crippen LogP contribution in [0.4, 0.5) is 0 Å². The molecular formula is C17H21ClN2O. The van der Waals surface area contributed by atoms with Crippen molar-refractivity contribution in [1.29, 1.82) is 0 Å². The number of nitrogens with zero attached hydrogens (tertiary/aromatic N) is 1. The fourth-order valence-electron chi connectivity index (χ4n) is 2.16. The number of ether oxygens (including phenoxy) is 1. The summed E-state index contributed by atoms with van der Waals surface area (Å²) in [6.07, 6.45) is 2.77. The summed E-state index contributed by atoms with van der Waals surface area (Å²) in [6, 6.07) is 11.8. The minimum Gasteiger partial charge on any atom is -0.494 e. The van der Waals surface area contributed by atoms with Crippen molar-refractivity contribution in [3.05, 3.63) is 58.9 Å². The summed E-state index contributed by atoms with van der Waals surface area (Å²) in [6.45, 7) is 5.74. The number of aromatic nitrogens is 1. The van der Waals surface area contributed by atoms with Crippen molar-refractivity contribution < 1.29 is 4.74 Å². The monoisotopic (exact) mass is 304 g/mol. The average Bonchev–Trinajstić information content (AvgIpc) is 2.52. The second-order valence-electron chi connectivity index (χ2n) is 4.78. The van der Waals surface area contributed by atoms with Crippen LogP contribution in [0.15, 0.2) is 42.6 Å². The van der Waals surface area contributed by atoms with Crippen molar-refractivity contribution in [3.63, 3.8) is 0 Å². The van der Waals surface area contributed by atoms with E-state index in [1.807, 2.05) is 24.3 Å². The number of halogens is 1. The first-order valence-electron chi connectivity index (χ1n) is 7.32.